The smallest absolute Gasteiger partial charge is 0.191 e. The van der Waals surface area contributed by atoms with E-state index in [-0.39, 0.29) is 12.3 Å². The molecule has 0 amide bonds. The van der Waals surface area contributed by atoms with Crippen LogP contribution in [-0.4, -0.2) is 32.2 Å². The lowest BCUT2D eigenvalue weighted by Gasteiger charge is -2.12. The van der Waals surface area contributed by atoms with Crippen LogP contribution < -0.4 is 10.6 Å². The number of aromatic nitrogens is 1. The van der Waals surface area contributed by atoms with Crippen molar-refractivity contribution >= 4 is 27.1 Å². The zero-order valence-electron chi connectivity index (χ0n) is 16.0. The molecule has 2 N–H and O–H groups in total. The van der Waals surface area contributed by atoms with Gasteiger partial charge in [0.25, 0.3) is 0 Å². The number of aliphatic imine (C=N–C) groups is 1. The Kier molecular flexibility index (Phi) is 7.32. The zero-order valence-corrected chi connectivity index (χ0v) is 17.6. The molecule has 0 fully saturated rings. The van der Waals surface area contributed by atoms with E-state index in [1.54, 1.807) is 11.3 Å². The Morgan fingerprint density at radius 2 is 2.00 bits per heavy atom. The molecule has 2 rings (SSSR count). The number of sulfone groups is 1. The van der Waals surface area contributed by atoms with E-state index in [4.69, 9.17) is 0 Å². The summed E-state index contributed by atoms with van der Waals surface area (Å²) < 4.78 is 36.9. The lowest BCUT2D eigenvalue weighted by molar-refractivity contribution is 0.600. The van der Waals surface area contributed by atoms with Crippen LogP contribution in [0.2, 0.25) is 0 Å². The van der Waals surface area contributed by atoms with Crippen molar-refractivity contribution in [3.63, 3.8) is 0 Å². The second-order valence-corrected chi connectivity index (χ2v) is 9.70. The molecule has 6 nitrogen and oxygen atoms in total. The molecule has 0 saturated heterocycles. The van der Waals surface area contributed by atoms with E-state index >= 15 is 0 Å². The van der Waals surface area contributed by atoms with Gasteiger partial charge in [0.2, 0.25) is 0 Å². The molecule has 2 aromatic rings. The van der Waals surface area contributed by atoms with E-state index in [1.165, 1.54) is 18.2 Å². The summed E-state index contributed by atoms with van der Waals surface area (Å²) >= 11 is 1.63. The molecule has 0 saturated carbocycles. The number of thiazole rings is 1. The zero-order chi connectivity index (χ0) is 20.0. The van der Waals surface area contributed by atoms with E-state index in [1.807, 2.05) is 20.8 Å². The second-order valence-electron chi connectivity index (χ2n) is 6.27. The van der Waals surface area contributed by atoms with E-state index in [0.717, 1.165) is 21.8 Å². The molecular formula is C18H25FN4O2S2. The first-order valence-electron chi connectivity index (χ1n) is 8.58. The summed E-state index contributed by atoms with van der Waals surface area (Å²) in [7, 11) is -3.22. The van der Waals surface area contributed by atoms with Gasteiger partial charge in [-0.3, -0.25) is 0 Å². The van der Waals surface area contributed by atoms with Crippen LogP contribution in [0.15, 0.2) is 23.2 Å². The summed E-state index contributed by atoms with van der Waals surface area (Å²) in [5.41, 5.74) is 2.11. The van der Waals surface area contributed by atoms with Crippen LogP contribution in [0.1, 0.15) is 33.6 Å². The van der Waals surface area contributed by atoms with E-state index in [2.05, 4.69) is 20.6 Å². The molecule has 0 atom stereocenters. The number of nitrogens with one attached hydrogen (secondary N) is 2. The molecule has 0 bridgehead atoms. The van der Waals surface area contributed by atoms with Crippen LogP contribution in [0.5, 0.6) is 0 Å². The van der Waals surface area contributed by atoms with Crippen LogP contribution in [0, 0.1) is 19.7 Å². The van der Waals surface area contributed by atoms with Crippen LogP contribution >= 0.6 is 11.3 Å². The molecule has 0 aliphatic heterocycles. The van der Waals surface area contributed by atoms with Crippen molar-refractivity contribution < 1.29 is 12.8 Å². The van der Waals surface area contributed by atoms with Crippen molar-refractivity contribution in [1.82, 2.24) is 15.6 Å². The normalized spacial score (nSPS) is 12.3. The molecule has 0 radical (unpaired) electrons. The Balaban J connectivity index is 2.16. The van der Waals surface area contributed by atoms with Crippen LogP contribution in [0.4, 0.5) is 4.39 Å². The predicted molar refractivity (Wildman–Crippen MR) is 108 cm³/mol. The minimum Gasteiger partial charge on any atom is -0.357 e. The van der Waals surface area contributed by atoms with Gasteiger partial charge in [0.15, 0.2) is 15.8 Å². The summed E-state index contributed by atoms with van der Waals surface area (Å²) in [6.45, 7) is 7.33. The Hall–Kier alpha value is -2.00. The number of aryl methyl sites for hydroxylation is 2. The summed E-state index contributed by atoms with van der Waals surface area (Å²) in [5, 5.41) is 7.39. The molecule has 9 heteroatoms. The highest BCUT2D eigenvalue weighted by atomic mass is 32.2. The number of benzene rings is 1. The third kappa shape index (κ3) is 6.91. The summed E-state index contributed by atoms with van der Waals surface area (Å²) in [6, 6.07) is 4.11. The average molecular weight is 413 g/mol. The SMILES string of the molecule is CCNC(=NCc1cc(F)ccc1CS(C)(=O)=O)NCc1sc(C)nc1C. The summed E-state index contributed by atoms with van der Waals surface area (Å²) in [4.78, 5) is 10.0. The Morgan fingerprint density at radius 1 is 1.26 bits per heavy atom. The largest absolute Gasteiger partial charge is 0.357 e. The Bertz CT molecular complexity index is 923. The molecule has 0 spiro atoms. The quantitative estimate of drug-likeness (QED) is 0.540. The van der Waals surface area contributed by atoms with Gasteiger partial charge in [0, 0.05) is 17.7 Å². The highest BCUT2D eigenvalue weighted by Gasteiger charge is 2.11. The maximum absolute atomic E-state index is 13.6. The van der Waals surface area contributed by atoms with Gasteiger partial charge < -0.3 is 10.6 Å². The molecular weight excluding hydrogens is 387 g/mol. The molecule has 0 aliphatic rings. The molecule has 0 unspecified atom stereocenters. The molecule has 1 aromatic carbocycles. The highest BCUT2D eigenvalue weighted by Crippen LogP contribution is 2.17. The topological polar surface area (TPSA) is 83.5 Å². The van der Waals surface area contributed by atoms with Gasteiger partial charge in [-0.25, -0.2) is 22.8 Å². The number of hydrogen-bond donors (Lipinski definition) is 2. The van der Waals surface area contributed by atoms with Gasteiger partial charge in [0.05, 0.1) is 29.5 Å². The van der Waals surface area contributed by atoms with E-state index < -0.39 is 15.7 Å². The maximum Gasteiger partial charge on any atom is 0.191 e. The average Bonchev–Trinajstić information content (AvgIpc) is 2.88. The van der Waals surface area contributed by atoms with Gasteiger partial charge in [-0.05, 0) is 44.0 Å². The van der Waals surface area contributed by atoms with Crippen molar-refractivity contribution in [2.75, 3.05) is 12.8 Å². The van der Waals surface area contributed by atoms with E-state index in [9.17, 15) is 12.8 Å². The third-order valence-corrected chi connectivity index (χ3v) is 5.66. The van der Waals surface area contributed by atoms with Gasteiger partial charge in [0.1, 0.15) is 5.82 Å². The van der Waals surface area contributed by atoms with Gasteiger partial charge in [-0.2, -0.15) is 0 Å². The van der Waals surface area contributed by atoms with Crippen molar-refractivity contribution in [3.05, 3.63) is 50.7 Å². The van der Waals surface area contributed by atoms with Crippen LogP contribution in [0.25, 0.3) is 0 Å². The van der Waals surface area contributed by atoms with Crippen LogP contribution in [-0.2, 0) is 28.7 Å². The summed E-state index contributed by atoms with van der Waals surface area (Å²) in [5.74, 6) is 0.0326. The highest BCUT2D eigenvalue weighted by molar-refractivity contribution is 7.89. The van der Waals surface area contributed by atoms with Crippen LogP contribution in [0.3, 0.4) is 0 Å². The van der Waals surface area contributed by atoms with Crippen molar-refractivity contribution in [3.8, 4) is 0 Å². The molecule has 0 aliphatic carbocycles. The fraction of sp³-hybridized carbons (Fsp3) is 0.444. The minimum absolute atomic E-state index is 0.137. The lowest BCUT2D eigenvalue weighted by atomic mass is 10.1. The molecule has 148 valence electrons. The first-order chi connectivity index (χ1) is 12.7. The standard InChI is InChI=1S/C18H25FN4O2S2/c1-5-20-18(22-10-17-12(2)23-13(3)26-17)21-9-15-8-16(19)7-6-14(15)11-27(4,24)25/h6-8H,5,9-11H2,1-4H3,(H2,20,21,22). The van der Waals surface area contributed by atoms with Crippen molar-refractivity contribution in [2.24, 2.45) is 4.99 Å². The van der Waals surface area contributed by atoms with Gasteiger partial charge in [-0.1, -0.05) is 6.07 Å². The van der Waals surface area contributed by atoms with Crippen molar-refractivity contribution in [1.29, 1.82) is 0 Å². The molecule has 1 heterocycles. The Labute approximate surface area is 163 Å². The predicted octanol–water partition coefficient (Wildman–Crippen LogP) is 2.70. The fourth-order valence-electron chi connectivity index (χ4n) is 2.57. The van der Waals surface area contributed by atoms with Gasteiger partial charge in [-0.15, -0.1) is 11.3 Å². The second kappa shape index (κ2) is 9.27. The summed E-state index contributed by atoms with van der Waals surface area (Å²) in [6.07, 6.45) is 1.16. The van der Waals surface area contributed by atoms with Crippen molar-refractivity contribution in [2.45, 2.75) is 39.6 Å². The monoisotopic (exact) mass is 412 g/mol. The number of guanidine groups is 1. The first-order valence-corrected chi connectivity index (χ1v) is 11.5. The van der Waals surface area contributed by atoms with E-state index in [0.29, 0.717) is 30.2 Å². The fourth-order valence-corrected chi connectivity index (χ4v) is 4.30. The number of nitrogens with zero attached hydrogens (tertiary/aromatic N) is 2. The maximum atomic E-state index is 13.6. The molecule has 1 aromatic heterocycles. The lowest BCUT2D eigenvalue weighted by Crippen LogP contribution is -2.36. The van der Waals surface area contributed by atoms with Gasteiger partial charge >= 0.3 is 0 Å². The number of halogens is 1. The minimum atomic E-state index is -3.22. The Morgan fingerprint density at radius 3 is 2.59 bits per heavy atom. The molecule has 27 heavy (non-hydrogen) atoms. The number of rotatable bonds is 7. The number of hydrogen-bond acceptors (Lipinski definition) is 5. The first kappa shape index (κ1) is 21.3. The third-order valence-electron chi connectivity index (χ3n) is 3.75.